The first-order valence-corrected chi connectivity index (χ1v) is 8.56. The SMILES string of the molecule is CC(C)c1cc(C(C)C)c(S(=O)(=O)OCl)c(C(C)C)c1. The fourth-order valence-electron chi connectivity index (χ4n) is 2.21. The van der Waals surface area contributed by atoms with Gasteiger partial charge in [0.05, 0.1) is 11.9 Å². The quantitative estimate of drug-likeness (QED) is 0.774. The van der Waals surface area contributed by atoms with Gasteiger partial charge in [0.2, 0.25) is 0 Å². The molecule has 20 heavy (non-hydrogen) atoms. The third-order valence-electron chi connectivity index (χ3n) is 3.41. The molecule has 0 aliphatic heterocycles. The minimum Gasteiger partial charge on any atom is -0.193 e. The van der Waals surface area contributed by atoms with Crippen LogP contribution in [0, 0.1) is 0 Å². The van der Waals surface area contributed by atoms with Crippen LogP contribution in [0.1, 0.15) is 76.0 Å². The molecule has 0 atom stereocenters. The molecule has 0 radical (unpaired) electrons. The molecule has 0 aliphatic rings. The molecule has 0 unspecified atom stereocenters. The highest BCUT2D eigenvalue weighted by molar-refractivity contribution is 7.87. The van der Waals surface area contributed by atoms with Gasteiger partial charge in [0.1, 0.15) is 4.90 Å². The fourth-order valence-corrected chi connectivity index (χ4v) is 3.63. The summed E-state index contributed by atoms with van der Waals surface area (Å²) in [5.74, 6) is 0.476. The summed E-state index contributed by atoms with van der Waals surface area (Å²) in [6.07, 6.45) is 0. The Kier molecular flexibility index (Phi) is 5.64. The van der Waals surface area contributed by atoms with Crippen molar-refractivity contribution in [3.05, 3.63) is 28.8 Å². The first-order chi connectivity index (χ1) is 9.11. The molecule has 0 amide bonds. The first kappa shape index (κ1) is 17.5. The molecule has 0 saturated carbocycles. The second-order valence-electron chi connectivity index (χ2n) is 6.01. The third-order valence-corrected chi connectivity index (χ3v) is 5.05. The van der Waals surface area contributed by atoms with Crippen LogP contribution in [0.25, 0.3) is 0 Å². The standard InChI is InChI=1S/C15H23ClO3S/c1-9(2)12-7-13(10(3)4)15(20(17,18)19-16)14(8-12)11(5)6/h7-11H,1-6H3. The van der Waals surface area contributed by atoms with Crippen LogP contribution in [0.2, 0.25) is 0 Å². The lowest BCUT2D eigenvalue weighted by molar-refractivity contribution is 0.504. The highest BCUT2D eigenvalue weighted by Crippen LogP contribution is 2.36. The molecule has 0 aliphatic carbocycles. The molecule has 0 N–H and O–H groups in total. The van der Waals surface area contributed by atoms with Gasteiger partial charge in [-0.1, -0.05) is 53.7 Å². The van der Waals surface area contributed by atoms with Gasteiger partial charge >= 0.3 is 10.1 Å². The molecule has 0 heterocycles. The van der Waals surface area contributed by atoms with Gasteiger partial charge in [0.25, 0.3) is 0 Å². The van der Waals surface area contributed by atoms with Gasteiger partial charge in [0, 0.05) is 0 Å². The first-order valence-electron chi connectivity index (χ1n) is 6.84. The van der Waals surface area contributed by atoms with Crippen molar-refractivity contribution < 1.29 is 12.2 Å². The van der Waals surface area contributed by atoms with Crippen LogP contribution in [0.3, 0.4) is 0 Å². The second kappa shape index (κ2) is 6.46. The van der Waals surface area contributed by atoms with Crippen molar-refractivity contribution in [2.45, 2.75) is 64.2 Å². The van der Waals surface area contributed by atoms with Gasteiger partial charge < -0.3 is 0 Å². The number of rotatable bonds is 5. The molecule has 114 valence electrons. The van der Waals surface area contributed by atoms with E-state index in [-0.39, 0.29) is 16.7 Å². The van der Waals surface area contributed by atoms with Crippen LogP contribution in [0.5, 0.6) is 0 Å². The average molecular weight is 319 g/mol. The van der Waals surface area contributed by atoms with Gasteiger partial charge in [-0.2, -0.15) is 12.2 Å². The minimum absolute atomic E-state index is 0.0720. The van der Waals surface area contributed by atoms with E-state index in [1.165, 1.54) is 0 Å². The monoisotopic (exact) mass is 318 g/mol. The molecule has 0 spiro atoms. The summed E-state index contributed by atoms with van der Waals surface area (Å²) in [5, 5.41) is 0. The molecule has 0 aromatic heterocycles. The van der Waals surface area contributed by atoms with Crippen LogP contribution in [0.15, 0.2) is 17.0 Å². The fraction of sp³-hybridized carbons (Fsp3) is 0.600. The van der Waals surface area contributed by atoms with E-state index in [1.807, 2.05) is 39.8 Å². The summed E-state index contributed by atoms with van der Waals surface area (Å²) in [5.41, 5.74) is 2.66. The number of hydrogen-bond acceptors (Lipinski definition) is 3. The molecule has 1 aromatic rings. The Hall–Kier alpha value is -0.580. The summed E-state index contributed by atoms with van der Waals surface area (Å²) in [6, 6.07) is 3.90. The van der Waals surface area contributed by atoms with Crippen molar-refractivity contribution >= 4 is 22.0 Å². The van der Waals surface area contributed by atoms with Crippen molar-refractivity contribution in [1.29, 1.82) is 0 Å². The van der Waals surface area contributed by atoms with Gasteiger partial charge in [-0.05, 0) is 34.4 Å². The number of benzene rings is 1. The summed E-state index contributed by atoms with van der Waals surface area (Å²) >= 11 is 5.20. The molecular weight excluding hydrogens is 296 g/mol. The van der Waals surface area contributed by atoms with Crippen LogP contribution in [-0.4, -0.2) is 8.42 Å². The van der Waals surface area contributed by atoms with E-state index in [4.69, 9.17) is 11.9 Å². The molecule has 0 bridgehead atoms. The Labute approximate surface area is 127 Å². The third kappa shape index (κ3) is 3.54. The molecule has 3 nitrogen and oxygen atoms in total. The summed E-state index contributed by atoms with van der Waals surface area (Å²) in [7, 11) is -3.93. The van der Waals surface area contributed by atoms with Gasteiger partial charge in [-0.25, -0.2) is 0 Å². The van der Waals surface area contributed by atoms with Crippen LogP contribution in [-0.2, 0) is 13.9 Å². The maximum atomic E-state index is 12.2. The Morgan fingerprint density at radius 3 is 1.55 bits per heavy atom. The topological polar surface area (TPSA) is 43.4 Å². The van der Waals surface area contributed by atoms with Crippen molar-refractivity contribution in [3.63, 3.8) is 0 Å². The molecule has 5 heteroatoms. The van der Waals surface area contributed by atoms with Crippen LogP contribution < -0.4 is 0 Å². The Bertz CT molecular complexity index is 546. The zero-order valence-electron chi connectivity index (χ0n) is 12.9. The van der Waals surface area contributed by atoms with E-state index in [0.29, 0.717) is 5.92 Å². The van der Waals surface area contributed by atoms with Crippen molar-refractivity contribution in [1.82, 2.24) is 0 Å². The highest BCUT2D eigenvalue weighted by Gasteiger charge is 2.27. The maximum Gasteiger partial charge on any atom is 0.313 e. The van der Waals surface area contributed by atoms with Gasteiger partial charge in [0.15, 0.2) is 0 Å². The van der Waals surface area contributed by atoms with Crippen molar-refractivity contribution in [2.75, 3.05) is 0 Å². The lowest BCUT2D eigenvalue weighted by atomic mass is 9.89. The van der Waals surface area contributed by atoms with E-state index in [9.17, 15) is 8.42 Å². The largest absolute Gasteiger partial charge is 0.313 e. The van der Waals surface area contributed by atoms with E-state index < -0.39 is 10.1 Å². The van der Waals surface area contributed by atoms with Crippen LogP contribution >= 0.6 is 11.9 Å². The maximum absolute atomic E-state index is 12.2. The number of hydrogen-bond donors (Lipinski definition) is 0. The van der Waals surface area contributed by atoms with Crippen molar-refractivity contribution in [3.8, 4) is 0 Å². The van der Waals surface area contributed by atoms with E-state index in [1.54, 1.807) is 0 Å². The Balaban J connectivity index is 3.78. The average Bonchev–Trinajstić information content (AvgIpc) is 2.36. The lowest BCUT2D eigenvalue weighted by Gasteiger charge is -2.21. The Morgan fingerprint density at radius 2 is 1.30 bits per heavy atom. The number of halogens is 1. The van der Waals surface area contributed by atoms with Crippen LogP contribution in [0.4, 0.5) is 0 Å². The molecule has 1 rings (SSSR count). The summed E-state index contributed by atoms with van der Waals surface area (Å²) < 4.78 is 28.6. The summed E-state index contributed by atoms with van der Waals surface area (Å²) in [6.45, 7) is 12.1. The van der Waals surface area contributed by atoms with E-state index >= 15 is 0 Å². The predicted octanol–water partition coefficient (Wildman–Crippen LogP) is 4.92. The smallest absolute Gasteiger partial charge is 0.193 e. The zero-order valence-corrected chi connectivity index (χ0v) is 14.5. The molecule has 0 saturated heterocycles. The molecule has 1 aromatic carbocycles. The second-order valence-corrected chi connectivity index (χ2v) is 7.83. The van der Waals surface area contributed by atoms with Gasteiger partial charge in [-0.3, -0.25) is 0 Å². The normalized spacial score (nSPS) is 12.7. The molecule has 0 fully saturated rings. The predicted molar refractivity (Wildman–Crippen MR) is 82.8 cm³/mol. The highest BCUT2D eigenvalue weighted by atomic mass is 35.5. The lowest BCUT2D eigenvalue weighted by Crippen LogP contribution is -2.12. The summed E-state index contributed by atoms with van der Waals surface area (Å²) in [4.78, 5) is 0.224. The van der Waals surface area contributed by atoms with Gasteiger partial charge in [-0.15, -0.1) is 0 Å². The zero-order chi connectivity index (χ0) is 15.7. The van der Waals surface area contributed by atoms with E-state index in [0.717, 1.165) is 16.7 Å². The Morgan fingerprint density at radius 1 is 0.900 bits per heavy atom. The van der Waals surface area contributed by atoms with Crippen molar-refractivity contribution in [2.24, 2.45) is 0 Å². The minimum atomic E-state index is -3.93. The molecular formula is C15H23ClO3S. The van der Waals surface area contributed by atoms with E-state index in [2.05, 4.69) is 17.6 Å².